The molecule has 1 aromatic heterocycles. The molecule has 13 heavy (non-hydrogen) atoms. The topological polar surface area (TPSA) is 41.8 Å². The number of hydrogen-bond acceptors (Lipinski definition) is 1. The minimum atomic E-state index is 0.458. The van der Waals surface area contributed by atoms with Gasteiger partial charge in [0.2, 0.25) is 0 Å². The molecule has 3 N–H and O–H groups in total. The molecule has 0 spiro atoms. The van der Waals surface area contributed by atoms with Crippen molar-refractivity contribution in [2.45, 2.75) is 33.1 Å². The molecular weight excluding hydrogens is 160 g/mol. The number of nitrogens with two attached hydrogens (primary N) is 1. The minimum Gasteiger partial charge on any atom is -0.362 e. The standard InChI is InChI=1S/C11H18N2/c1-8-5-10(9(2)13-8)6-11(7-12)3-4-11/h5,13H,3-4,6-7,12H2,1-2H3. The van der Waals surface area contributed by atoms with Crippen LogP contribution in [0.2, 0.25) is 0 Å². The van der Waals surface area contributed by atoms with Gasteiger partial charge in [-0.2, -0.15) is 0 Å². The van der Waals surface area contributed by atoms with E-state index in [9.17, 15) is 0 Å². The van der Waals surface area contributed by atoms with Gasteiger partial charge in [-0.1, -0.05) is 0 Å². The molecule has 0 aliphatic heterocycles. The second-order valence-electron chi connectivity index (χ2n) is 4.48. The number of aromatic amines is 1. The van der Waals surface area contributed by atoms with Gasteiger partial charge in [-0.3, -0.25) is 0 Å². The number of H-pyrrole nitrogens is 1. The fourth-order valence-electron chi connectivity index (χ4n) is 2.00. The van der Waals surface area contributed by atoms with Crippen molar-refractivity contribution >= 4 is 0 Å². The maximum atomic E-state index is 5.76. The number of aryl methyl sites for hydroxylation is 2. The van der Waals surface area contributed by atoms with Crippen LogP contribution in [0.3, 0.4) is 0 Å². The largest absolute Gasteiger partial charge is 0.362 e. The minimum absolute atomic E-state index is 0.458. The third-order valence-electron chi connectivity index (χ3n) is 3.21. The Morgan fingerprint density at radius 2 is 2.15 bits per heavy atom. The van der Waals surface area contributed by atoms with E-state index in [4.69, 9.17) is 5.73 Å². The Balaban J connectivity index is 2.13. The van der Waals surface area contributed by atoms with Gasteiger partial charge in [0.05, 0.1) is 0 Å². The van der Waals surface area contributed by atoms with Crippen LogP contribution >= 0.6 is 0 Å². The summed E-state index contributed by atoms with van der Waals surface area (Å²) in [5, 5.41) is 0. The van der Waals surface area contributed by atoms with Crippen molar-refractivity contribution < 1.29 is 0 Å². The smallest absolute Gasteiger partial charge is 0.0150 e. The van der Waals surface area contributed by atoms with E-state index >= 15 is 0 Å². The number of hydrogen-bond donors (Lipinski definition) is 2. The molecule has 1 aromatic rings. The Kier molecular flexibility index (Phi) is 1.95. The SMILES string of the molecule is Cc1cc(CC2(CN)CC2)c(C)[nH]1. The molecule has 0 bridgehead atoms. The molecule has 1 aliphatic rings. The molecule has 0 radical (unpaired) electrons. The van der Waals surface area contributed by atoms with Gasteiger partial charge >= 0.3 is 0 Å². The highest BCUT2D eigenvalue weighted by molar-refractivity contribution is 5.26. The lowest BCUT2D eigenvalue weighted by molar-refractivity contribution is 0.520. The van der Waals surface area contributed by atoms with E-state index in [2.05, 4.69) is 24.9 Å². The Labute approximate surface area is 79.5 Å². The first-order chi connectivity index (χ1) is 6.15. The summed E-state index contributed by atoms with van der Waals surface area (Å²) < 4.78 is 0. The van der Waals surface area contributed by atoms with Crippen LogP contribution in [0.15, 0.2) is 6.07 Å². The number of nitrogens with one attached hydrogen (secondary N) is 1. The summed E-state index contributed by atoms with van der Waals surface area (Å²) in [4.78, 5) is 3.34. The highest BCUT2D eigenvalue weighted by Crippen LogP contribution is 2.47. The van der Waals surface area contributed by atoms with E-state index in [1.54, 1.807) is 0 Å². The average molecular weight is 178 g/mol. The molecule has 1 heterocycles. The third kappa shape index (κ3) is 1.63. The van der Waals surface area contributed by atoms with Crippen molar-refractivity contribution in [1.82, 2.24) is 4.98 Å². The molecule has 1 saturated carbocycles. The summed E-state index contributed by atoms with van der Waals surface area (Å²) in [6.45, 7) is 5.10. The van der Waals surface area contributed by atoms with Gasteiger partial charge < -0.3 is 10.7 Å². The molecule has 0 amide bonds. The Hall–Kier alpha value is -0.760. The molecule has 0 unspecified atom stereocenters. The van der Waals surface area contributed by atoms with Crippen LogP contribution in [0.1, 0.15) is 29.8 Å². The second-order valence-corrected chi connectivity index (χ2v) is 4.48. The highest BCUT2D eigenvalue weighted by atomic mass is 14.7. The van der Waals surface area contributed by atoms with Crippen molar-refractivity contribution in [3.8, 4) is 0 Å². The van der Waals surface area contributed by atoms with Gasteiger partial charge in [0.1, 0.15) is 0 Å². The monoisotopic (exact) mass is 178 g/mol. The third-order valence-corrected chi connectivity index (χ3v) is 3.21. The van der Waals surface area contributed by atoms with Gasteiger partial charge in [0, 0.05) is 11.4 Å². The van der Waals surface area contributed by atoms with Crippen LogP contribution in [-0.4, -0.2) is 11.5 Å². The summed E-state index contributed by atoms with van der Waals surface area (Å²) in [5.41, 5.74) is 10.3. The van der Waals surface area contributed by atoms with E-state index in [0.717, 1.165) is 6.54 Å². The molecule has 2 heteroatoms. The number of aromatic nitrogens is 1. The zero-order valence-corrected chi connectivity index (χ0v) is 8.48. The second kappa shape index (κ2) is 2.88. The van der Waals surface area contributed by atoms with Crippen LogP contribution in [0.4, 0.5) is 0 Å². The lowest BCUT2D eigenvalue weighted by Gasteiger charge is -2.10. The van der Waals surface area contributed by atoms with Crippen LogP contribution in [-0.2, 0) is 6.42 Å². The molecule has 2 nitrogen and oxygen atoms in total. The molecular formula is C11H18N2. The Morgan fingerprint density at radius 3 is 2.54 bits per heavy atom. The van der Waals surface area contributed by atoms with Crippen molar-refractivity contribution in [3.63, 3.8) is 0 Å². The average Bonchev–Trinajstić information content (AvgIpc) is 2.77. The van der Waals surface area contributed by atoms with Crippen LogP contribution in [0.5, 0.6) is 0 Å². The fourth-order valence-corrected chi connectivity index (χ4v) is 2.00. The maximum Gasteiger partial charge on any atom is 0.0150 e. The first kappa shape index (κ1) is 8.82. The predicted octanol–water partition coefficient (Wildman–Crippen LogP) is 1.91. The maximum absolute atomic E-state index is 5.76. The first-order valence-electron chi connectivity index (χ1n) is 5.00. The number of rotatable bonds is 3. The van der Waals surface area contributed by atoms with E-state index in [1.165, 1.54) is 36.2 Å². The van der Waals surface area contributed by atoms with Gasteiger partial charge in [0.15, 0.2) is 0 Å². The van der Waals surface area contributed by atoms with Crippen LogP contribution in [0.25, 0.3) is 0 Å². The normalized spacial score (nSPS) is 19.0. The zero-order valence-electron chi connectivity index (χ0n) is 8.48. The van der Waals surface area contributed by atoms with Crippen LogP contribution < -0.4 is 5.73 Å². The van der Waals surface area contributed by atoms with E-state index in [-0.39, 0.29) is 0 Å². The molecule has 0 atom stereocenters. The molecule has 0 saturated heterocycles. The van der Waals surface area contributed by atoms with Gasteiger partial charge in [0.25, 0.3) is 0 Å². The molecule has 72 valence electrons. The van der Waals surface area contributed by atoms with Gasteiger partial charge in [-0.25, -0.2) is 0 Å². The lowest BCUT2D eigenvalue weighted by atomic mass is 9.97. The summed E-state index contributed by atoms with van der Waals surface area (Å²) in [5.74, 6) is 0. The lowest BCUT2D eigenvalue weighted by Crippen LogP contribution is -2.17. The summed E-state index contributed by atoms with van der Waals surface area (Å²) in [6.07, 6.45) is 3.79. The van der Waals surface area contributed by atoms with E-state index in [0.29, 0.717) is 5.41 Å². The molecule has 0 aromatic carbocycles. The van der Waals surface area contributed by atoms with Crippen molar-refractivity contribution in [2.75, 3.05) is 6.54 Å². The highest BCUT2D eigenvalue weighted by Gasteiger charge is 2.41. The summed E-state index contributed by atoms with van der Waals surface area (Å²) >= 11 is 0. The van der Waals surface area contributed by atoms with Crippen molar-refractivity contribution in [3.05, 3.63) is 23.0 Å². The summed E-state index contributed by atoms with van der Waals surface area (Å²) in [6, 6.07) is 2.26. The predicted molar refractivity (Wildman–Crippen MR) is 54.7 cm³/mol. The molecule has 1 aliphatic carbocycles. The molecule has 2 rings (SSSR count). The van der Waals surface area contributed by atoms with E-state index in [1.807, 2.05) is 0 Å². The Morgan fingerprint density at radius 1 is 1.46 bits per heavy atom. The van der Waals surface area contributed by atoms with Crippen molar-refractivity contribution in [2.24, 2.45) is 11.1 Å². The van der Waals surface area contributed by atoms with Gasteiger partial charge in [-0.05, 0) is 56.7 Å². The summed E-state index contributed by atoms with van der Waals surface area (Å²) in [7, 11) is 0. The van der Waals surface area contributed by atoms with Crippen LogP contribution in [0, 0.1) is 19.3 Å². The van der Waals surface area contributed by atoms with Crippen molar-refractivity contribution in [1.29, 1.82) is 0 Å². The van der Waals surface area contributed by atoms with E-state index < -0.39 is 0 Å². The van der Waals surface area contributed by atoms with Gasteiger partial charge in [-0.15, -0.1) is 0 Å². The fraction of sp³-hybridized carbons (Fsp3) is 0.636. The Bertz CT molecular complexity index is 308. The quantitative estimate of drug-likeness (QED) is 0.729. The first-order valence-corrected chi connectivity index (χ1v) is 5.00. The zero-order chi connectivity index (χ0) is 9.47. The molecule has 1 fully saturated rings.